The first-order chi connectivity index (χ1) is 29.9. The molecule has 1 amide bonds. The van der Waals surface area contributed by atoms with E-state index < -0.39 is 20.0 Å². The molecule has 0 heterocycles. The number of allylic oxidation sites excluding steroid dienone is 2. The Morgan fingerprint density at radius 1 is 0.525 bits per heavy atom. The summed E-state index contributed by atoms with van der Waals surface area (Å²) in [5.74, 6) is -0.157. The highest BCUT2D eigenvalue weighted by atomic mass is 31.2. The van der Waals surface area contributed by atoms with Crippen LogP contribution in [0.5, 0.6) is 0 Å². The molecule has 0 saturated carbocycles. The van der Waals surface area contributed by atoms with Gasteiger partial charge in [0.15, 0.2) is 0 Å². The van der Waals surface area contributed by atoms with E-state index in [1.807, 2.05) is 0 Å². The molecule has 0 aromatic rings. The summed E-state index contributed by atoms with van der Waals surface area (Å²) >= 11 is 0. The zero-order valence-corrected chi connectivity index (χ0v) is 41.6. The molecule has 61 heavy (non-hydrogen) atoms. The van der Waals surface area contributed by atoms with E-state index in [-0.39, 0.29) is 25.7 Å². The van der Waals surface area contributed by atoms with Gasteiger partial charge < -0.3 is 21.1 Å². The number of rotatable bonds is 51. The zero-order chi connectivity index (χ0) is 44.6. The van der Waals surface area contributed by atoms with E-state index in [4.69, 9.17) is 14.8 Å². The molecule has 3 atom stereocenters. The van der Waals surface area contributed by atoms with Crippen LogP contribution in [0, 0.1) is 0 Å². The molecule has 5 N–H and O–H groups in total. The van der Waals surface area contributed by atoms with Crippen LogP contribution in [0.4, 0.5) is 0 Å². The van der Waals surface area contributed by atoms with Gasteiger partial charge in [-0.2, -0.15) is 0 Å². The Hall–Kier alpha value is -0.760. The monoisotopic (exact) mass is 885 g/mol. The van der Waals surface area contributed by atoms with Crippen molar-refractivity contribution in [2.24, 2.45) is 5.73 Å². The number of carbonyl (C=O) groups excluding carboxylic acids is 1. The Morgan fingerprint density at radius 3 is 1.21 bits per heavy atom. The number of nitrogens with one attached hydrogen (secondary N) is 1. The van der Waals surface area contributed by atoms with E-state index in [9.17, 15) is 19.4 Å². The number of phosphoric ester groups is 1. The lowest BCUT2D eigenvalue weighted by molar-refractivity contribution is -0.123. The first kappa shape index (κ1) is 60.2. The first-order valence-corrected chi connectivity index (χ1v) is 28.3. The maximum absolute atomic E-state index is 12.9. The maximum atomic E-state index is 12.9. The molecule has 0 saturated heterocycles. The van der Waals surface area contributed by atoms with Gasteiger partial charge in [0.05, 0.1) is 25.4 Å². The van der Waals surface area contributed by atoms with Crippen LogP contribution in [0.25, 0.3) is 0 Å². The summed E-state index contributed by atoms with van der Waals surface area (Å²) in [6.07, 6.45) is 56.7. The number of amides is 1. The molecule has 8 nitrogen and oxygen atoms in total. The number of carbonyl (C=O) groups is 1. The lowest BCUT2D eigenvalue weighted by atomic mass is 10.0. The third-order valence-corrected chi connectivity index (χ3v) is 13.4. The average Bonchev–Trinajstić information content (AvgIpc) is 3.25. The number of hydrogen-bond acceptors (Lipinski definition) is 6. The van der Waals surface area contributed by atoms with E-state index in [0.29, 0.717) is 12.8 Å². The molecule has 364 valence electrons. The molecule has 9 heteroatoms. The van der Waals surface area contributed by atoms with E-state index in [2.05, 4.69) is 31.3 Å². The number of unbranched alkanes of at least 4 members (excludes halogenated alkanes) is 37. The van der Waals surface area contributed by atoms with Crippen LogP contribution in [0.3, 0.4) is 0 Å². The smallest absolute Gasteiger partial charge is 0.391 e. The van der Waals surface area contributed by atoms with Gasteiger partial charge in [-0.25, -0.2) is 4.57 Å². The summed E-state index contributed by atoms with van der Waals surface area (Å²) in [5.41, 5.74) is 5.41. The molecular weight excluding hydrogens is 780 g/mol. The zero-order valence-electron chi connectivity index (χ0n) is 40.7. The fraction of sp³-hybridized carbons (Fsp3) is 0.942. The Labute approximate surface area is 379 Å². The SMILES string of the molecule is CCCCCCCCCC/C=C\CCCCCCCCCCCCCC(=O)NC(COP(=O)(O)OCCN)C(O)CCCCCCCCCCCCCCCCCCCCC. The van der Waals surface area contributed by atoms with Crippen molar-refractivity contribution in [2.45, 2.75) is 296 Å². The van der Waals surface area contributed by atoms with Crippen LogP contribution in [0.15, 0.2) is 12.2 Å². The second-order valence-corrected chi connectivity index (χ2v) is 19.9. The van der Waals surface area contributed by atoms with Crippen molar-refractivity contribution in [2.75, 3.05) is 19.8 Å². The van der Waals surface area contributed by atoms with Crippen LogP contribution in [0.1, 0.15) is 284 Å². The third kappa shape index (κ3) is 47.0. The Bertz CT molecular complexity index is 968. The summed E-state index contributed by atoms with van der Waals surface area (Å²) < 4.78 is 22.3. The van der Waals surface area contributed by atoms with Crippen molar-refractivity contribution in [3.05, 3.63) is 12.2 Å². The number of hydrogen-bond donors (Lipinski definition) is 4. The minimum atomic E-state index is -4.32. The largest absolute Gasteiger partial charge is 0.472 e. The maximum Gasteiger partial charge on any atom is 0.472 e. The second kappa shape index (κ2) is 48.7. The van der Waals surface area contributed by atoms with Crippen LogP contribution < -0.4 is 11.1 Å². The van der Waals surface area contributed by atoms with E-state index in [0.717, 1.165) is 38.5 Å². The quantitative estimate of drug-likeness (QED) is 0.0272. The Morgan fingerprint density at radius 2 is 0.852 bits per heavy atom. The summed E-state index contributed by atoms with van der Waals surface area (Å²) in [4.78, 5) is 22.9. The number of nitrogens with two attached hydrogens (primary N) is 1. The summed E-state index contributed by atoms with van der Waals surface area (Å²) in [5, 5.41) is 13.9. The van der Waals surface area contributed by atoms with Crippen molar-refractivity contribution in [1.29, 1.82) is 0 Å². The predicted octanol–water partition coefficient (Wildman–Crippen LogP) is 15.9. The Kier molecular flexibility index (Phi) is 48.1. The fourth-order valence-corrected chi connectivity index (χ4v) is 9.07. The van der Waals surface area contributed by atoms with Gasteiger partial charge in [0.1, 0.15) is 0 Å². The van der Waals surface area contributed by atoms with Gasteiger partial charge >= 0.3 is 7.82 Å². The molecule has 0 rings (SSSR count). The summed E-state index contributed by atoms with van der Waals surface area (Å²) in [6.45, 7) is 4.26. The van der Waals surface area contributed by atoms with Crippen molar-refractivity contribution in [3.63, 3.8) is 0 Å². The third-order valence-electron chi connectivity index (χ3n) is 12.4. The van der Waals surface area contributed by atoms with Crippen molar-refractivity contribution >= 4 is 13.7 Å². The van der Waals surface area contributed by atoms with Gasteiger partial charge in [-0.3, -0.25) is 13.8 Å². The van der Waals surface area contributed by atoms with Gasteiger partial charge in [-0.1, -0.05) is 251 Å². The first-order valence-electron chi connectivity index (χ1n) is 26.8. The second-order valence-electron chi connectivity index (χ2n) is 18.4. The van der Waals surface area contributed by atoms with E-state index in [1.165, 1.54) is 218 Å². The molecule has 0 aromatic heterocycles. The molecule has 0 aliphatic heterocycles. The number of aliphatic hydroxyl groups is 1. The van der Waals surface area contributed by atoms with Gasteiger partial charge in [0.25, 0.3) is 0 Å². The Balaban J connectivity index is 3.99. The standard InChI is InChI=1S/C52H105N2O6P/c1-3-5-7-9-11-13-15-17-19-21-23-24-25-26-28-30-32-34-36-38-40-42-44-46-52(56)54-50(49-60-61(57,58)59-48-47-53)51(55)45-43-41-39-37-35-33-31-29-27-22-20-18-16-14-12-10-8-6-4-2/h21,23,50-51,55H,3-20,22,24-49,53H2,1-2H3,(H,54,56)(H,57,58)/b23-21-. The summed E-state index contributed by atoms with van der Waals surface area (Å²) in [7, 11) is -4.32. The van der Waals surface area contributed by atoms with Crippen LogP contribution >= 0.6 is 7.82 Å². The molecule has 0 bridgehead atoms. The van der Waals surface area contributed by atoms with Gasteiger partial charge in [0.2, 0.25) is 5.91 Å². The van der Waals surface area contributed by atoms with E-state index >= 15 is 0 Å². The number of phosphoric acid groups is 1. The van der Waals surface area contributed by atoms with E-state index in [1.54, 1.807) is 0 Å². The van der Waals surface area contributed by atoms with Crippen molar-refractivity contribution in [1.82, 2.24) is 5.32 Å². The summed E-state index contributed by atoms with van der Waals surface area (Å²) in [6, 6.07) is -0.772. The average molecular weight is 885 g/mol. The molecular formula is C52H105N2O6P. The van der Waals surface area contributed by atoms with Crippen LogP contribution in [-0.2, 0) is 18.4 Å². The topological polar surface area (TPSA) is 131 Å². The van der Waals surface area contributed by atoms with Crippen molar-refractivity contribution in [3.8, 4) is 0 Å². The van der Waals surface area contributed by atoms with Crippen LogP contribution in [0.2, 0.25) is 0 Å². The molecule has 0 radical (unpaired) electrons. The van der Waals surface area contributed by atoms with Crippen molar-refractivity contribution < 1.29 is 28.4 Å². The fourth-order valence-electron chi connectivity index (χ4n) is 8.31. The minimum absolute atomic E-state index is 0.0911. The molecule has 3 unspecified atom stereocenters. The predicted molar refractivity (Wildman–Crippen MR) is 263 cm³/mol. The number of aliphatic hydroxyl groups excluding tert-OH is 1. The van der Waals surface area contributed by atoms with Gasteiger partial charge in [-0.15, -0.1) is 0 Å². The van der Waals surface area contributed by atoms with Crippen LogP contribution in [-0.4, -0.2) is 47.8 Å². The molecule has 0 spiro atoms. The lowest BCUT2D eigenvalue weighted by Crippen LogP contribution is -2.46. The molecule has 0 fully saturated rings. The van der Waals surface area contributed by atoms with Gasteiger partial charge in [0, 0.05) is 13.0 Å². The highest BCUT2D eigenvalue weighted by Gasteiger charge is 2.27. The molecule has 0 aliphatic carbocycles. The highest BCUT2D eigenvalue weighted by Crippen LogP contribution is 2.43. The molecule has 0 aliphatic rings. The molecule has 0 aromatic carbocycles. The lowest BCUT2D eigenvalue weighted by Gasteiger charge is -2.25. The minimum Gasteiger partial charge on any atom is -0.391 e. The van der Waals surface area contributed by atoms with Gasteiger partial charge in [-0.05, 0) is 38.5 Å². The highest BCUT2D eigenvalue weighted by molar-refractivity contribution is 7.47. The normalized spacial score (nSPS) is 13.9.